The maximum Gasteiger partial charge on any atom is 0.410 e. The summed E-state index contributed by atoms with van der Waals surface area (Å²) in [6, 6.07) is 5.32. The fraction of sp³-hybridized carbons (Fsp3) is 0.600. The predicted octanol–water partition coefficient (Wildman–Crippen LogP) is 2.66. The summed E-state index contributed by atoms with van der Waals surface area (Å²) in [6.45, 7) is 11.3. The molecule has 1 amide bonds. The number of amides is 1. The minimum absolute atomic E-state index is 0.0114. The summed E-state index contributed by atoms with van der Waals surface area (Å²) < 4.78 is 15.7. The van der Waals surface area contributed by atoms with Crippen LogP contribution in [0.1, 0.15) is 34.6 Å². The summed E-state index contributed by atoms with van der Waals surface area (Å²) in [5.74, 6) is 0.0898. The molecule has 1 aromatic rings. The van der Waals surface area contributed by atoms with Gasteiger partial charge in [0.05, 0.1) is 18.0 Å². The first-order chi connectivity index (χ1) is 13.1. The van der Waals surface area contributed by atoms with E-state index in [0.717, 1.165) is 5.69 Å². The summed E-state index contributed by atoms with van der Waals surface area (Å²) in [5, 5.41) is 0. The second-order valence-electron chi connectivity index (χ2n) is 7.78. The van der Waals surface area contributed by atoms with Gasteiger partial charge in [0.1, 0.15) is 11.4 Å². The highest BCUT2D eigenvalue weighted by Crippen LogP contribution is 2.30. The van der Waals surface area contributed by atoms with Crippen LogP contribution < -0.4 is 15.4 Å². The van der Waals surface area contributed by atoms with Crippen molar-refractivity contribution in [2.75, 3.05) is 43.5 Å². The lowest BCUT2D eigenvalue weighted by Crippen LogP contribution is -2.55. The smallest absolute Gasteiger partial charge is 0.410 e. The van der Waals surface area contributed by atoms with Crippen molar-refractivity contribution in [1.82, 2.24) is 4.90 Å². The third kappa shape index (κ3) is 5.94. The highest BCUT2D eigenvalue weighted by atomic mass is 16.6. The van der Waals surface area contributed by atoms with Gasteiger partial charge in [-0.15, -0.1) is 0 Å². The normalized spacial score (nSPS) is 17.2. The Labute approximate surface area is 166 Å². The Balaban J connectivity index is 1.97. The average molecular weight is 393 g/mol. The molecule has 2 rings (SSSR count). The fourth-order valence-electron chi connectivity index (χ4n) is 3.02. The van der Waals surface area contributed by atoms with Gasteiger partial charge in [-0.3, -0.25) is 0 Å². The van der Waals surface area contributed by atoms with Crippen LogP contribution in [0.25, 0.3) is 0 Å². The number of carbonyl (C=O) groups is 2. The molecule has 1 aliphatic heterocycles. The van der Waals surface area contributed by atoms with E-state index in [0.29, 0.717) is 37.7 Å². The maximum absolute atomic E-state index is 12.4. The largest absolute Gasteiger partial charge is 0.482 e. The lowest BCUT2D eigenvalue weighted by atomic mass is 10.1. The highest BCUT2D eigenvalue weighted by Gasteiger charge is 2.31. The highest BCUT2D eigenvalue weighted by molar-refractivity contribution is 5.73. The quantitative estimate of drug-likeness (QED) is 0.607. The van der Waals surface area contributed by atoms with Gasteiger partial charge in [-0.25, -0.2) is 9.59 Å². The lowest BCUT2D eigenvalue weighted by molar-refractivity contribution is -0.145. The number of rotatable bonds is 5. The van der Waals surface area contributed by atoms with Crippen molar-refractivity contribution >= 4 is 23.4 Å². The third-order valence-electron chi connectivity index (χ3n) is 4.26. The molecule has 0 bridgehead atoms. The molecule has 0 aromatic heterocycles. The average Bonchev–Trinajstić information content (AvgIpc) is 2.58. The van der Waals surface area contributed by atoms with E-state index in [9.17, 15) is 9.59 Å². The van der Waals surface area contributed by atoms with E-state index in [2.05, 4.69) is 4.90 Å². The van der Waals surface area contributed by atoms with Crippen LogP contribution in [0.2, 0.25) is 0 Å². The minimum Gasteiger partial charge on any atom is -0.482 e. The van der Waals surface area contributed by atoms with Gasteiger partial charge in [-0.05, 0) is 46.8 Å². The molecule has 0 radical (unpaired) electrons. The monoisotopic (exact) mass is 393 g/mol. The van der Waals surface area contributed by atoms with E-state index < -0.39 is 11.6 Å². The summed E-state index contributed by atoms with van der Waals surface area (Å²) in [6.07, 6.45) is -0.296. The first-order valence-electron chi connectivity index (χ1n) is 9.53. The number of benzene rings is 1. The molecule has 1 fully saturated rings. The van der Waals surface area contributed by atoms with Crippen molar-refractivity contribution < 1.29 is 23.8 Å². The number of piperazine rings is 1. The summed E-state index contributed by atoms with van der Waals surface area (Å²) in [4.78, 5) is 27.6. The van der Waals surface area contributed by atoms with Gasteiger partial charge in [0, 0.05) is 31.7 Å². The van der Waals surface area contributed by atoms with Gasteiger partial charge in [-0.2, -0.15) is 0 Å². The van der Waals surface area contributed by atoms with Crippen molar-refractivity contribution in [3.63, 3.8) is 0 Å². The van der Waals surface area contributed by atoms with Gasteiger partial charge in [0.2, 0.25) is 0 Å². The third-order valence-corrected chi connectivity index (χ3v) is 4.26. The van der Waals surface area contributed by atoms with Crippen molar-refractivity contribution in [3.8, 4) is 5.75 Å². The molecule has 8 heteroatoms. The Morgan fingerprint density at radius 3 is 2.54 bits per heavy atom. The molecule has 1 heterocycles. The zero-order chi connectivity index (χ0) is 20.9. The number of nitrogens with two attached hydrogens (primary N) is 1. The van der Waals surface area contributed by atoms with Crippen molar-refractivity contribution in [2.24, 2.45) is 0 Å². The molecule has 1 aromatic carbocycles. The lowest BCUT2D eigenvalue weighted by Gasteiger charge is -2.41. The molecule has 1 atom stereocenters. The molecule has 0 aliphatic carbocycles. The fourth-order valence-corrected chi connectivity index (χ4v) is 3.02. The van der Waals surface area contributed by atoms with Crippen LogP contribution in [0.5, 0.6) is 5.75 Å². The van der Waals surface area contributed by atoms with Gasteiger partial charge in [0.25, 0.3) is 0 Å². The molecular weight excluding hydrogens is 362 g/mol. The Hall–Kier alpha value is -2.64. The standard InChI is InChI=1S/C20H31N3O5/c1-6-26-18(24)13-27-15-7-8-17(16(21)11-15)22-9-10-23(14(2)12-22)19(25)28-20(3,4)5/h7-8,11,14H,6,9-10,12-13,21H2,1-5H3. The summed E-state index contributed by atoms with van der Waals surface area (Å²) in [7, 11) is 0. The van der Waals surface area contributed by atoms with Crippen LogP contribution in [0.3, 0.4) is 0 Å². The molecule has 2 N–H and O–H groups in total. The Bertz CT molecular complexity index is 702. The number of anilines is 2. The van der Waals surface area contributed by atoms with Crippen molar-refractivity contribution in [3.05, 3.63) is 18.2 Å². The number of hydrogen-bond acceptors (Lipinski definition) is 7. The minimum atomic E-state index is -0.516. The number of nitrogens with zero attached hydrogens (tertiary/aromatic N) is 2. The summed E-state index contributed by atoms with van der Waals surface area (Å²) >= 11 is 0. The molecule has 0 saturated carbocycles. The van der Waals surface area contributed by atoms with Crippen molar-refractivity contribution in [1.29, 1.82) is 0 Å². The van der Waals surface area contributed by atoms with Gasteiger partial charge in [-0.1, -0.05) is 0 Å². The molecule has 156 valence electrons. The Morgan fingerprint density at radius 1 is 1.25 bits per heavy atom. The first-order valence-corrected chi connectivity index (χ1v) is 9.53. The summed E-state index contributed by atoms with van der Waals surface area (Å²) in [5.41, 5.74) is 7.11. The van der Waals surface area contributed by atoms with Gasteiger partial charge in [0.15, 0.2) is 6.61 Å². The Morgan fingerprint density at radius 2 is 1.96 bits per heavy atom. The Kier molecular flexibility index (Phi) is 6.99. The number of carbonyl (C=O) groups excluding carboxylic acids is 2. The van der Waals surface area contributed by atoms with Crippen LogP contribution in [-0.2, 0) is 14.3 Å². The molecule has 0 spiro atoms. The van der Waals surface area contributed by atoms with E-state index >= 15 is 0 Å². The number of hydrogen-bond donors (Lipinski definition) is 1. The van der Waals surface area contributed by atoms with Crippen LogP contribution in [0, 0.1) is 0 Å². The molecule has 28 heavy (non-hydrogen) atoms. The van der Waals surface area contributed by atoms with E-state index in [-0.39, 0.29) is 18.7 Å². The van der Waals surface area contributed by atoms with E-state index in [1.165, 1.54) is 0 Å². The zero-order valence-electron chi connectivity index (χ0n) is 17.4. The van der Waals surface area contributed by atoms with E-state index in [1.54, 1.807) is 24.0 Å². The van der Waals surface area contributed by atoms with Gasteiger partial charge >= 0.3 is 12.1 Å². The number of ether oxygens (including phenoxy) is 3. The van der Waals surface area contributed by atoms with Crippen LogP contribution in [0.15, 0.2) is 18.2 Å². The first kappa shape index (κ1) is 21.7. The number of nitrogen functional groups attached to an aromatic ring is 1. The second-order valence-corrected chi connectivity index (χ2v) is 7.78. The molecule has 8 nitrogen and oxygen atoms in total. The molecule has 1 aliphatic rings. The zero-order valence-corrected chi connectivity index (χ0v) is 17.4. The van der Waals surface area contributed by atoms with Crippen molar-refractivity contribution in [2.45, 2.75) is 46.3 Å². The second kappa shape index (κ2) is 9.03. The SMILES string of the molecule is CCOC(=O)COc1ccc(N2CCN(C(=O)OC(C)(C)C)C(C)C2)c(N)c1. The van der Waals surface area contributed by atoms with Crippen LogP contribution in [0.4, 0.5) is 16.2 Å². The van der Waals surface area contributed by atoms with E-state index in [4.69, 9.17) is 19.9 Å². The van der Waals surface area contributed by atoms with Crippen LogP contribution in [-0.4, -0.2) is 61.5 Å². The molecule has 1 saturated heterocycles. The topological polar surface area (TPSA) is 94.3 Å². The van der Waals surface area contributed by atoms with Crippen LogP contribution >= 0.6 is 0 Å². The van der Waals surface area contributed by atoms with Gasteiger partial charge < -0.3 is 29.7 Å². The van der Waals surface area contributed by atoms with E-state index in [1.807, 2.05) is 33.8 Å². The number of esters is 1. The predicted molar refractivity (Wildman–Crippen MR) is 108 cm³/mol. The molecule has 1 unspecified atom stereocenters. The maximum atomic E-state index is 12.4. The molecular formula is C20H31N3O5.